The Kier molecular flexibility index (Phi) is 6.20. The Bertz CT molecular complexity index is 1130. The minimum absolute atomic E-state index is 0.0982. The number of nitrogens with zero attached hydrogens (tertiary/aromatic N) is 4. The molecule has 0 saturated heterocycles. The third-order valence-corrected chi connectivity index (χ3v) is 5.50. The van der Waals surface area contributed by atoms with E-state index in [1.54, 1.807) is 4.68 Å². The number of thioether (sulfide) groups is 1. The lowest BCUT2D eigenvalue weighted by Crippen LogP contribution is -2.16. The molecule has 1 N–H and O–H groups in total. The highest BCUT2D eigenvalue weighted by molar-refractivity contribution is 7.99. The molecule has 0 radical (unpaired) electrons. The van der Waals surface area contributed by atoms with Crippen molar-refractivity contribution in [1.29, 1.82) is 0 Å². The Hall–Kier alpha value is -3.45. The summed E-state index contributed by atoms with van der Waals surface area (Å²) in [4.78, 5) is 12.6. The number of benzene rings is 3. The monoisotopic (exact) mass is 415 g/mol. The van der Waals surface area contributed by atoms with Gasteiger partial charge in [0.2, 0.25) is 11.1 Å². The standard InChI is InChI=1S/C23H21N5OS/c1-17-11-13-20(14-12-17)28-23(25-26-27-28)30-16-22(29)24-21-10-6-5-9-19(21)15-18-7-3-2-4-8-18/h2-14H,15-16H2,1H3,(H,24,29). The number of aromatic nitrogens is 4. The lowest BCUT2D eigenvalue weighted by Gasteiger charge is -2.11. The second-order valence-corrected chi connectivity index (χ2v) is 7.81. The van der Waals surface area contributed by atoms with E-state index in [-0.39, 0.29) is 11.7 Å². The van der Waals surface area contributed by atoms with Crippen molar-refractivity contribution < 1.29 is 4.79 Å². The van der Waals surface area contributed by atoms with Crippen molar-refractivity contribution in [3.63, 3.8) is 0 Å². The zero-order valence-electron chi connectivity index (χ0n) is 16.5. The molecule has 4 aromatic rings. The van der Waals surface area contributed by atoms with Crippen LogP contribution in [0.4, 0.5) is 5.69 Å². The maximum Gasteiger partial charge on any atom is 0.234 e. The fourth-order valence-electron chi connectivity index (χ4n) is 3.05. The molecule has 0 aliphatic rings. The van der Waals surface area contributed by atoms with Gasteiger partial charge in [0, 0.05) is 5.69 Å². The molecule has 1 aromatic heterocycles. The number of aryl methyl sites for hydroxylation is 1. The number of amides is 1. The van der Waals surface area contributed by atoms with Gasteiger partial charge in [-0.1, -0.05) is 78.0 Å². The van der Waals surface area contributed by atoms with Crippen molar-refractivity contribution in [2.45, 2.75) is 18.5 Å². The third kappa shape index (κ3) is 4.93. The van der Waals surface area contributed by atoms with E-state index in [1.807, 2.05) is 73.7 Å². The summed E-state index contributed by atoms with van der Waals surface area (Å²) in [5.41, 5.74) is 5.12. The average Bonchev–Trinajstić information content (AvgIpc) is 3.24. The molecule has 1 amide bonds. The molecule has 7 heteroatoms. The van der Waals surface area contributed by atoms with Crippen LogP contribution in [0.15, 0.2) is 84.0 Å². The van der Waals surface area contributed by atoms with Gasteiger partial charge < -0.3 is 5.32 Å². The molecule has 0 aliphatic heterocycles. The molecule has 0 unspecified atom stereocenters. The van der Waals surface area contributed by atoms with Crippen LogP contribution in [0.3, 0.4) is 0 Å². The second kappa shape index (κ2) is 9.37. The fourth-order valence-corrected chi connectivity index (χ4v) is 3.74. The molecule has 4 rings (SSSR count). The normalized spacial score (nSPS) is 10.7. The molecule has 0 aliphatic carbocycles. The Labute approximate surface area is 179 Å². The Morgan fingerprint density at radius 2 is 1.70 bits per heavy atom. The highest BCUT2D eigenvalue weighted by Crippen LogP contribution is 2.21. The summed E-state index contributed by atoms with van der Waals surface area (Å²) < 4.78 is 1.64. The molecule has 0 saturated carbocycles. The number of anilines is 1. The van der Waals surface area contributed by atoms with E-state index >= 15 is 0 Å². The maximum absolute atomic E-state index is 12.6. The van der Waals surface area contributed by atoms with Gasteiger partial charge in [0.25, 0.3) is 0 Å². The van der Waals surface area contributed by atoms with Gasteiger partial charge in [0.1, 0.15) is 0 Å². The minimum atomic E-state index is -0.0982. The molecule has 3 aromatic carbocycles. The average molecular weight is 416 g/mol. The van der Waals surface area contributed by atoms with Crippen LogP contribution in [-0.2, 0) is 11.2 Å². The van der Waals surface area contributed by atoms with E-state index in [2.05, 4.69) is 33.0 Å². The molecular formula is C23H21N5OS. The molecule has 0 spiro atoms. The SMILES string of the molecule is Cc1ccc(-n2nnnc2SCC(=O)Nc2ccccc2Cc2ccccc2)cc1. The number of hydrogen-bond acceptors (Lipinski definition) is 5. The van der Waals surface area contributed by atoms with Crippen LogP contribution in [0, 0.1) is 6.92 Å². The van der Waals surface area contributed by atoms with Crippen molar-refractivity contribution in [2.75, 3.05) is 11.1 Å². The van der Waals surface area contributed by atoms with Gasteiger partial charge in [0.05, 0.1) is 11.4 Å². The van der Waals surface area contributed by atoms with E-state index in [1.165, 1.54) is 17.3 Å². The van der Waals surface area contributed by atoms with Gasteiger partial charge >= 0.3 is 0 Å². The first-order valence-corrected chi connectivity index (χ1v) is 10.6. The lowest BCUT2D eigenvalue weighted by molar-refractivity contribution is -0.113. The van der Waals surface area contributed by atoms with Crippen LogP contribution < -0.4 is 5.32 Å². The quantitative estimate of drug-likeness (QED) is 0.456. The minimum Gasteiger partial charge on any atom is -0.325 e. The van der Waals surface area contributed by atoms with Crippen molar-refractivity contribution in [1.82, 2.24) is 20.2 Å². The van der Waals surface area contributed by atoms with Crippen molar-refractivity contribution in [3.8, 4) is 5.69 Å². The predicted molar refractivity (Wildman–Crippen MR) is 119 cm³/mol. The van der Waals surface area contributed by atoms with Crippen LogP contribution >= 0.6 is 11.8 Å². The Morgan fingerprint density at radius 3 is 2.50 bits per heavy atom. The molecule has 0 atom stereocenters. The molecule has 150 valence electrons. The first kappa shape index (κ1) is 19.8. The largest absolute Gasteiger partial charge is 0.325 e. The molecule has 0 bridgehead atoms. The van der Waals surface area contributed by atoms with Crippen molar-refractivity contribution in [3.05, 3.63) is 95.6 Å². The first-order valence-electron chi connectivity index (χ1n) is 9.59. The van der Waals surface area contributed by atoms with E-state index < -0.39 is 0 Å². The van der Waals surface area contributed by atoms with Crippen LogP contribution in [0.5, 0.6) is 0 Å². The zero-order valence-corrected chi connectivity index (χ0v) is 17.3. The van der Waals surface area contributed by atoms with Gasteiger partial charge in [-0.2, -0.15) is 4.68 Å². The molecule has 1 heterocycles. The second-order valence-electron chi connectivity index (χ2n) is 6.87. The van der Waals surface area contributed by atoms with Crippen LogP contribution in [-0.4, -0.2) is 31.9 Å². The van der Waals surface area contributed by atoms with E-state index in [0.717, 1.165) is 28.9 Å². The van der Waals surface area contributed by atoms with Gasteiger partial charge in [-0.05, 0) is 53.1 Å². The van der Waals surface area contributed by atoms with Gasteiger partial charge in [0.15, 0.2) is 0 Å². The summed E-state index contributed by atoms with van der Waals surface area (Å²) in [6.45, 7) is 2.03. The lowest BCUT2D eigenvalue weighted by atomic mass is 10.0. The summed E-state index contributed by atoms with van der Waals surface area (Å²) >= 11 is 1.30. The van der Waals surface area contributed by atoms with Crippen molar-refractivity contribution >= 4 is 23.4 Å². The highest BCUT2D eigenvalue weighted by Gasteiger charge is 2.13. The van der Waals surface area contributed by atoms with E-state index in [0.29, 0.717) is 5.16 Å². The zero-order chi connectivity index (χ0) is 20.8. The summed E-state index contributed by atoms with van der Waals surface area (Å²) in [6.07, 6.45) is 0.760. The first-order chi connectivity index (χ1) is 14.7. The van der Waals surface area contributed by atoms with Crippen LogP contribution in [0.25, 0.3) is 5.69 Å². The predicted octanol–water partition coefficient (Wildman–Crippen LogP) is 4.29. The number of carbonyl (C=O) groups is 1. The van der Waals surface area contributed by atoms with E-state index in [9.17, 15) is 4.79 Å². The smallest absolute Gasteiger partial charge is 0.234 e. The summed E-state index contributed by atoms with van der Waals surface area (Å²) in [7, 11) is 0. The van der Waals surface area contributed by atoms with Crippen molar-refractivity contribution in [2.24, 2.45) is 0 Å². The summed E-state index contributed by atoms with van der Waals surface area (Å²) in [5.74, 6) is 0.116. The number of tetrazole rings is 1. The number of hydrogen-bond donors (Lipinski definition) is 1. The number of carbonyl (C=O) groups excluding carboxylic acids is 1. The maximum atomic E-state index is 12.6. The topological polar surface area (TPSA) is 72.7 Å². The summed E-state index contributed by atoms with van der Waals surface area (Å²) in [6, 6.07) is 26.0. The van der Waals surface area contributed by atoms with Gasteiger partial charge in [-0.25, -0.2) is 0 Å². The number of nitrogens with one attached hydrogen (secondary N) is 1. The van der Waals surface area contributed by atoms with E-state index in [4.69, 9.17) is 0 Å². The van der Waals surface area contributed by atoms with Crippen LogP contribution in [0.2, 0.25) is 0 Å². The molecule has 6 nitrogen and oxygen atoms in total. The van der Waals surface area contributed by atoms with Gasteiger partial charge in [-0.15, -0.1) is 5.10 Å². The molecule has 0 fully saturated rings. The molecule has 30 heavy (non-hydrogen) atoms. The molecular weight excluding hydrogens is 394 g/mol. The highest BCUT2D eigenvalue weighted by atomic mass is 32.2. The third-order valence-electron chi connectivity index (χ3n) is 4.58. The fraction of sp³-hybridized carbons (Fsp3) is 0.130. The Balaban J connectivity index is 1.41. The Morgan fingerprint density at radius 1 is 0.967 bits per heavy atom. The summed E-state index contributed by atoms with van der Waals surface area (Å²) in [5, 5.41) is 15.4. The van der Waals surface area contributed by atoms with Crippen LogP contribution in [0.1, 0.15) is 16.7 Å². The van der Waals surface area contributed by atoms with Gasteiger partial charge in [-0.3, -0.25) is 4.79 Å². The number of para-hydroxylation sites is 1. The number of rotatable bonds is 7.